The molecule has 2 bridgehead atoms. The first-order chi connectivity index (χ1) is 21.4. The van der Waals surface area contributed by atoms with Gasteiger partial charge in [-0.1, -0.05) is 6.92 Å². The summed E-state index contributed by atoms with van der Waals surface area (Å²) in [5, 5.41) is 7.79. The summed E-state index contributed by atoms with van der Waals surface area (Å²) in [4.78, 5) is 41.7. The summed E-state index contributed by atoms with van der Waals surface area (Å²) in [6.45, 7) is 13.5. The van der Waals surface area contributed by atoms with Gasteiger partial charge in [0, 0.05) is 56.7 Å². The Hall–Kier alpha value is -4.61. The van der Waals surface area contributed by atoms with Crippen molar-refractivity contribution in [3.63, 3.8) is 0 Å². The molecule has 3 aromatic rings. The van der Waals surface area contributed by atoms with E-state index in [1.807, 2.05) is 40.8 Å². The lowest BCUT2D eigenvalue weighted by Crippen LogP contribution is -2.50. The summed E-state index contributed by atoms with van der Waals surface area (Å²) in [5.41, 5.74) is 4.95. The Labute approximate surface area is 264 Å². The van der Waals surface area contributed by atoms with Crippen molar-refractivity contribution in [1.82, 2.24) is 19.7 Å². The Bertz CT molecular complexity index is 1630. The topological polar surface area (TPSA) is 117 Å². The van der Waals surface area contributed by atoms with Crippen molar-refractivity contribution in [2.24, 2.45) is 18.0 Å². The third-order valence-electron chi connectivity index (χ3n) is 8.21. The SMILES string of the molecule is Cc1cc2cc(n1)-c1cnn(C)c1OCCC[C@@H](C)CN1/C(=N/C2=O)Nc2ccc(N3CCN(C(=O)OC(C)(C)C)CC3)cc21. The number of carbonyl (C=O) groups is 2. The van der Waals surface area contributed by atoms with Crippen molar-refractivity contribution < 1.29 is 19.1 Å². The van der Waals surface area contributed by atoms with Crippen LogP contribution in [-0.4, -0.2) is 82.6 Å². The maximum atomic E-state index is 13.7. The van der Waals surface area contributed by atoms with E-state index in [0.717, 1.165) is 35.5 Å². The maximum Gasteiger partial charge on any atom is 0.410 e. The number of aliphatic imine (C=N–C) groups is 1. The third-order valence-corrected chi connectivity index (χ3v) is 8.21. The molecule has 1 saturated heterocycles. The molecule has 1 aromatic carbocycles. The number of carbonyl (C=O) groups excluding carboxylic acids is 2. The van der Waals surface area contributed by atoms with Gasteiger partial charge in [-0.25, -0.2) is 9.48 Å². The minimum atomic E-state index is -0.521. The van der Waals surface area contributed by atoms with Gasteiger partial charge in [0.1, 0.15) is 5.60 Å². The zero-order valence-corrected chi connectivity index (χ0v) is 27.0. The van der Waals surface area contributed by atoms with Crippen molar-refractivity contribution in [3.05, 3.63) is 47.8 Å². The number of nitrogens with one attached hydrogen (secondary N) is 1. The van der Waals surface area contributed by atoms with Crippen LogP contribution in [0.5, 0.6) is 5.88 Å². The summed E-state index contributed by atoms with van der Waals surface area (Å²) in [6.07, 6.45) is 3.24. The number of aryl methyl sites for hydroxylation is 2. The van der Waals surface area contributed by atoms with Crippen LogP contribution < -0.4 is 19.9 Å². The van der Waals surface area contributed by atoms with Crippen LogP contribution in [0.2, 0.25) is 0 Å². The number of aromatic nitrogens is 3. The van der Waals surface area contributed by atoms with E-state index in [1.54, 1.807) is 27.9 Å². The second-order valence-corrected chi connectivity index (χ2v) is 13.1. The molecule has 0 aliphatic carbocycles. The molecule has 0 saturated carbocycles. The minimum absolute atomic E-state index is 0.274. The molecule has 45 heavy (non-hydrogen) atoms. The number of fused-ring (bicyclic) bond motifs is 7. The molecule has 2 aromatic heterocycles. The lowest BCUT2D eigenvalue weighted by Gasteiger charge is -2.37. The molecule has 0 radical (unpaired) electrons. The zero-order chi connectivity index (χ0) is 31.9. The molecule has 1 atom stereocenters. The number of hydrogen-bond donors (Lipinski definition) is 1. The van der Waals surface area contributed by atoms with E-state index in [1.165, 1.54) is 0 Å². The van der Waals surface area contributed by atoms with Crippen LogP contribution in [0.25, 0.3) is 11.3 Å². The van der Waals surface area contributed by atoms with Gasteiger partial charge >= 0.3 is 6.09 Å². The largest absolute Gasteiger partial charge is 0.477 e. The molecule has 5 heterocycles. The lowest BCUT2D eigenvalue weighted by molar-refractivity contribution is 0.0240. The zero-order valence-electron chi connectivity index (χ0n) is 27.0. The summed E-state index contributed by atoms with van der Waals surface area (Å²) >= 11 is 0. The fourth-order valence-corrected chi connectivity index (χ4v) is 5.96. The molecule has 3 aliphatic heterocycles. The second-order valence-electron chi connectivity index (χ2n) is 13.1. The quantitative estimate of drug-likeness (QED) is 0.400. The standard InChI is InChI=1S/C33H42N8O4/c1-21-8-7-15-44-30-25(19-34-38(30)6)27-17-23(16-22(2)35-27)29(42)37-31-36-26-10-9-24(18-28(26)41(31)20-21)39-11-13-40(14-12-39)32(43)45-33(3,4)5/h9-10,16-19,21H,7-8,11-15,20H2,1-6H3,(H,36,37,42)/t21-/m1/s1. The smallest absolute Gasteiger partial charge is 0.410 e. The highest BCUT2D eigenvalue weighted by Crippen LogP contribution is 2.38. The van der Waals surface area contributed by atoms with Gasteiger partial charge in [0.2, 0.25) is 11.8 Å². The number of hydrogen-bond acceptors (Lipinski definition) is 9. The first-order valence-corrected chi connectivity index (χ1v) is 15.6. The molecule has 12 nitrogen and oxygen atoms in total. The van der Waals surface area contributed by atoms with Gasteiger partial charge in [0.15, 0.2) is 0 Å². The molecule has 238 valence electrons. The number of piperazine rings is 1. The molecule has 0 spiro atoms. The van der Waals surface area contributed by atoms with Crippen molar-refractivity contribution in [3.8, 4) is 17.1 Å². The van der Waals surface area contributed by atoms with Crippen LogP contribution in [0.4, 0.5) is 21.9 Å². The highest BCUT2D eigenvalue weighted by atomic mass is 16.6. The van der Waals surface area contributed by atoms with E-state index in [2.05, 4.69) is 49.2 Å². The van der Waals surface area contributed by atoms with E-state index in [4.69, 9.17) is 9.47 Å². The Kier molecular flexibility index (Phi) is 8.15. The van der Waals surface area contributed by atoms with Crippen molar-refractivity contribution in [2.75, 3.05) is 54.4 Å². The Balaban J connectivity index is 1.28. The number of amides is 2. The monoisotopic (exact) mass is 614 g/mol. The van der Waals surface area contributed by atoms with Gasteiger partial charge in [-0.2, -0.15) is 10.1 Å². The molecule has 3 aliphatic rings. The molecule has 1 N–H and O–H groups in total. The van der Waals surface area contributed by atoms with Crippen LogP contribution in [0.15, 0.2) is 41.5 Å². The number of rotatable bonds is 1. The second kappa shape index (κ2) is 12.1. The number of benzene rings is 1. The Morgan fingerprint density at radius 2 is 1.89 bits per heavy atom. The third kappa shape index (κ3) is 6.59. The van der Waals surface area contributed by atoms with Crippen molar-refractivity contribution in [2.45, 2.75) is 53.1 Å². The Morgan fingerprint density at radius 3 is 2.64 bits per heavy atom. The molecular formula is C33H42N8O4. The first-order valence-electron chi connectivity index (χ1n) is 15.6. The van der Waals surface area contributed by atoms with Gasteiger partial charge in [-0.3, -0.25) is 9.78 Å². The number of ether oxygens (including phenoxy) is 2. The van der Waals surface area contributed by atoms with Crippen molar-refractivity contribution in [1.29, 1.82) is 0 Å². The van der Waals surface area contributed by atoms with Crippen LogP contribution >= 0.6 is 0 Å². The van der Waals surface area contributed by atoms with Crippen LogP contribution in [0, 0.1) is 12.8 Å². The van der Waals surface area contributed by atoms with Gasteiger partial charge in [-0.05, 0) is 76.8 Å². The van der Waals surface area contributed by atoms with Crippen molar-refractivity contribution >= 4 is 35.0 Å². The summed E-state index contributed by atoms with van der Waals surface area (Å²) < 4.78 is 13.5. The van der Waals surface area contributed by atoms with Crippen LogP contribution in [0.3, 0.4) is 0 Å². The predicted molar refractivity (Wildman–Crippen MR) is 174 cm³/mol. The van der Waals surface area contributed by atoms with Gasteiger partial charge in [0.05, 0.1) is 35.4 Å². The number of anilines is 3. The fraction of sp³-hybridized carbons (Fsp3) is 0.485. The average Bonchev–Trinajstić information content (AvgIpc) is 3.52. The number of nitrogens with zero attached hydrogens (tertiary/aromatic N) is 7. The van der Waals surface area contributed by atoms with E-state index in [9.17, 15) is 9.59 Å². The lowest BCUT2D eigenvalue weighted by atomic mass is 10.0. The Morgan fingerprint density at radius 1 is 1.11 bits per heavy atom. The van der Waals surface area contributed by atoms with E-state index in [-0.39, 0.29) is 12.0 Å². The van der Waals surface area contributed by atoms with Gasteiger partial charge in [0.25, 0.3) is 5.91 Å². The fourth-order valence-electron chi connectivity index (χ4n) is 5.96. The number of pyridine rings is 1. The van der Waals surface area contributed by atoms with Gasteiger partial charge < -0.3 is 29.5 Å². The summed E-state index contributed by atoms with van der Waals surface area (Å²) in [7, 11) is 1.84. The van der Waals surface area contributed by atoms with Crippen LogP contribution in [-0.2, 0) is 11.8 Å². The van der Waals surface area contributed by atoms with Gasteiger partial charge in [-0.15, -0.1) is 0 Å². The first kappa shape index (κ1) is 30.4. The predicted octanol–water partition coefficient (Wildman–Crippen LogP) is 5.08. The molecule has 1 fully saturated rings. The maximum absolute atomic E-state index is 13.7. The summed E-state index contributed by atoms with van der Waals surface area (Å²) in [6, 6.07) is 9.79. The van der Waals surface area contributed by atoms with E-state index >= 15 is 0 Å². The molecule has 0 unspecified atom stereocenters. The highest BCUT2D eigenvalue weighted by Gasteiger charge is 2.31. The molecule has 6 rings (SSSR count). The average molecular weight is 615 g/mol. The van der Waals surface area contributed by atoms with E-state index < -0.39 is 5.60 Å². The summed E-state index contributed by atoms with van der Waals surface area (Å²) in [5.74, 6) is 1.09. The van der Waals surface area contributed by atoms with E-state index in [0.29, 0.717) is 74.0 Å². The number of guanidine groups is 1. The highest BCUT2D eigenvalue weighted by molar-refractivity contribution is 6.19. The molecule has 2 amide bonds. The normalized spacial score (nSPS) is 20.0. The molecular weight excluding hydrogens is 572 g/mol. The molecule has 12 heteroatoms. The minimum Gasteiger partial charge on any atom is -0.477 e. The van der Waals surface area contributed by atoms with Crippen LogP contribution in [0.1, 0.15) is 56.6 Å².